The van der Waals surface area contributed by atoms with Crippen LogP contribution in [0.15, 0.2) is 11.6 Å². The zero-order valence-corrected chi connectivity index (χ0v) is 7.49. The van der Waals surface area contributed by atoms with Gasteiger partial charge in [-0.25, -0.2) is 0 Å². The van der Waals surface area contributed by atoms with Gasteiger partial charge in [0.25, 0.3) is 0 Å². The van der Waals surface area contributed by atoms with Gasteiger partial charge in [0.05, 0.1) is 6.07 Å². The van der Waals surface area contributed by atoms with Crippen molar-refractivity contribution in [1.82, 2.24) is 4.90 Å². The molecule has 2 rings (SSSR count). The molecule has 1 fully saturated rings. The Hall–Kier alpha value is -1.30. The van der Waals surface area contributed by atoms with E-state index >= 15 is 0 Å². The van der Waals surface area contributed by atoms with Crippen LogP contribution in [0, 0.1) is 17.2 Å². The van der Waals surface area contributed by atoms with E-state index in [0.717, 1.165) is 31.4 Å². The summed E-state index contributed by atoms with van der Waals surface area (Å²) in [6.45, 7) is 1.37. The molecule has 0 unspecified atom stereocenters. The van der Waals surface area contributed by atoms with Gasteiger partial charge >= 0.3 is 0 Å². The third-order valence-corrected chi connectivity index (χ3v) is 2.59. The molecule has 0 saturated heterocycles. The first-order valence-electron chi connectivity index (χ1n) is 4.69. The van der Waals surface area contributed by atoms with E-state index in [1.54, 1.807) is 0 Å². The quantitative estimate of drug-likeness (QED) is 0.600. The van der Waals surface area contributed by atoms with Gasteiger partial charge in [-0.1, -0.05) is 6.08 Å². The fourth-order valence-corrected chi connectivity index (χ4v) is 1.56. The van der Waals surface area contributed by atoms with Crippen molar-refractivity contribution in [2.45, 2.75) is 19.3 Å². The second-order valence-corrected chi connectivity index (χ2v) is 3.65. The lowest BCUT2D eigenvalue weighted by Gasteiger charge is -2.24. The third-order valence-electron chi connectivity index (χ3n) is 2.59. The van der Waals surface area contributed by atoms with E-state index in [2.05, 4.69) is 6.07 Å². The van der Waals surface area contributed by atoms with Crippen LogP contribution in [0.1, 0.15) is 19.3 Å². The van der Waals surface area contributed by atoms with E-state index in [4.69, 9.17) is 5.26 Å². The summed E-state index contributed by atoms with van der Waals surface area (Å²) >= 11 is 0. The first-order chi connectivity index (χ1) is 6.31. The predicted octanol–water partition coefficient (Wildman–Crippen LogP) is 1.08. The SMILES string of the molecule is N#CC1=CCN(C(=O)C2CC2)CC1. The van der Waals surface area contributed by atoms with E-state index in [9.17, 15) is 4.79 Å². The lowest BCUT2D eigenvalue weighted by atomic mass is 10.1. The minimum atomic E-state index is 0.285. The zero-order valence-electron chi connectivity index (χ0n) is 7.49. The topological polar surface area (TPSA) is 44.1 Å². The monoisotopic (exact) mass is 176 g/mol. The van der Waals surface area contributed by atoms with Crippen LogP contribution in [0.4, 0.5) is 0 Å². The Bertz CT molecular complexity index is 297. The van der Waals surface area contributed by atoms with Gasteiger partial charge in [0.2, 0.25) is 5.91 Å². The average molecular weight is 176 g/mol. The number of hydrogen-bond acceptors (Lipinski definition) is 2. The van der Waals surface area contributed by atoms with Crippen molar-refractivity contribution in [3.05, 3.63) is 11.6 Å². The largest absolute Gasteiger partial charge is 0.338 e. The first-order valence-corrected chi connectivity index (χ1v) is 4.69. The lowest BCUT2D eigenvalue weighted by Crippen LogP contribution is -2.35. The molecule has 1 amide bonds. The molecule has 0 bridgehead atoms. The summed E-state index contributed by atoms with van der Waals surface area (Å²) < 4.78 is 0. The summed E-state index contributed by atoms with van der Waals surface area (Å²) in [6, 6.07) is 2.13. The highest BCUT2D eigenvalue weighted by Crippen LogP contribution is 2.31. The van der Waals surface area contributed by atoms with Crippen LogP contribution in [0.5, 0.6) is 0 Å². The van der Waals surface area contributed by atoms with E-state index in [1.165, 1.54) is 0 Å². The van der Waals surface area contributed by atoms with Crippen LogP contribution in [-0.2, 0) is 4.79 Å². The maximum absolute atomic E-state index is 11.6. The highest BCUT2D eigenvalue weighted by molar-refractivity contribution is 5.81. The van der Waals surface area contributed by atoms with Crippen LogP contribution < -0.4 is 0 Å². The van der Waals surface area contributed by atoms with Gasteiger partial charge in [-0.05, 0) is 19.3 Å². The van der Waals surface area contributed by atoms with E-state index in [1.807, 2.05) is 11.0 Å². The molecular formula is C10H12N2O. The fraction of sp³-hybridized carbons (Fsp3) is 0.600. The van der Waals surface area contributed by atoms with Gasteiger partial charge in [0.1, 0.15) is 0 Å². The number of nitrogens with zero attached hydrogens (tertiary/aromatic N) is 2. The van der Waals surface area contributed by atoms with Crippen molar-refractivity contribution in [3.63, 3.8) is 0 Å². The molecule has 1 aliphatic heterocycles. The summed E-state index contributed by atoms with van der Waals surface area (Å²) in [5.74, 6) is 0.588. The molecule has 1 aliphatic carbocycles. The van der Waals surface area contributed by atoms with E-state index in [-0.39, 0.29) is 5.91 Å². The summed E-state index contributed by atoms with van der Waals surface area (Å²) in [5.41, 5.74) is 0.819. The second-order valence-electron chi connectivity index (χ2n) is 3.65. The van der Waals surface area contributed by atoms with Gasteiger partial charge < -0.3 is 4.90 Å². The Morgan fingerprint density at radius 2 is 2.38 bits per heavy atom. The molecule has 0 N–H and O–H groups in total. The molecule has 0 aromatic rings. The molecule has 3 heteroatoms. The van der Waals surface area contributed by atoms with Crippen molar-refractivity contribution in [2.24, 2.45) is 5.92 Å². The van der Waals surface area contributed by atoms with Crippen molar-refractivity contribution in [1.29, 1.82) is 5.26 Å². The Kier molecular flexibility index (Phi) is 2.05. The van der Waals surface area contributed by atoms with Gasteiger partial charge in [0, 0.05) is 24.6 Å². The normalized spacial score (nSPS) is 22.1. The van der Waals surface area contributed by atoms with Crippen LogP contribution in [0.25, 0.3) is 0 Å². The lowest BCUT2D eigenvalue weighted by molar-refractivity contribution is -0.132. The minimum Gasteiger partial charge on any atom is -0.338 e. The number of hydrogen-bond donors (Lipinski definition) is 0. The van der Waals surface area contributed by atoms with Crippen molar-refractivity contribution >= 4 is 5.91 Å². The van der Waals surface area contributed by atoms with Gasteiger partial charge in [0.15, 0.2) is 0 Å². The van der Waals surface area contributed by atoms with E-state index in [0.29, 0.717) is 12.5 Å². The molecule has 2 aliphatic rings. The highest BCUT2D eigenvalue weighted by Gasteiger charge is 2.33. The van der Waals surface area contributed by atoms with Crippen LogP contribution in [0.2, 0.25) is 0 Å². The molecule has 68 valence electrons. The number of carbonyl (C=O) groups excluding carboxylic acids is 1. The molecule has 0 atom stereocenters. The summed E-state index contributed by atoms with van der Waals surface area (Å²) in [5, 5.41) is 8.62. The summed E-state index contributed by atoms with van der Waals surface area (Å²) in [6.07, 6.45) is 4.72. The molecule has 0 radical (unpaired) electrons. The van der Waals surface area contributed by atoms with Crippen LogP contribution in [0.3, 0.4) is 0 Å². The smallest absolute Gasteiger partial charge is 0.225 e. The number of rotatable bonds is 1. The molecule has 0 aromatic heterocycles. The molecule has 13 heavy (non-hydrogen) atoms. The van der Waals surface area contributed by atoms with Crippen molar-refractivity contribution in [2.75, 3.05) is 13.1 Å². The van der Waals surface area contributed by atoms with Crippen LogP contribution >= 0.6 is 0 Å². The Morgan fingerprint density at radius 1 is 1.62 bits per heavy atom. The highest BCUT2D eigenvalue weighted by atomic mass is 16.2. The molecule has 3 nitrogen and oxygen atoms in total. The van der Waals surface area contributed by atoms with Gasteiger partial charge in [-0.3, -0.25) is 4.79 Å². The Morgan fingerprint density at radius 3 is 2.85 bits per heavy atom. The number of carbonyl (C=O) groups is 1. The molecule has 1 heterocycles. The first kappa shape index (κ1) is 8.31. The number of amides is 1. The van der Waals surface area contributed by atoms with Crippen LogP contribution in [-0.4, -0.2) is 23.9 Å². The van der Waals surface area contributed by atoms with Gasteiger partial charge in [-0.2, -0.15) is 5.26 Å². The molecule has 0 spiro atoms. The van der Waals surface area contributed by atoms with Gasteiger partial charge in [-0.15, -0.1) is 0 Å². The second kappa shape index (κ2) is 3.21. The minimum absolute atomic E-state index is 0.285. The predicted molar refractivity (Wildman–Crippen MR) is 47.6 cm³/mol. The molecular weight excluding hydrogens is 164 g/mol. The summed E-state index contributed by atoms with van der Waals surface area (Å²) in [7, 11) is 0. The summed E-state index contributed by atoms with van der Waals surface area (Å²) in [4.78, 5) is 13.4. The van der Waals surface area contributed by atoms with Crippen molar-refractivity contribution in [3.8, 4) is 6.07 Å². The average Bonchev–Trinajstić information content (AvgIpc) is 3.00. The zero-order chi connectivity index (χ0) is 9.26. The standard InChI is InChI=1S/C10H12N2O/c11-7-8-3-5-12(6-4-8)10(13)9-1-2-9/h3,9H,1-2,4-6H2. The number of nitriles is 1. The Balaban J connectivity index is 1.94. The maximum atomic E-state index is 11.6. The Labute approximate surface area is 77.6 Å². The molecule has 1 saturated carbocycles. The fourth-order valence-electron chi connectivity index (χ4n) is 1.56. The third kappa shape index (κ3) is 1.72. The van der Waals surface area contributed by atoms with Crippen molar-refractivity contribution < 1.29 is 4.79 Å². The molecule has 0 aromatic carbocycles. The van der Waals surface area contributed by atoms with E-state index < -0.39 is 0 Å². The maximum Gasteiger partial charge on any atom is 0.225 e.